The van der Waals surface area contributed by atoms with E-state index in [4.69, 9.17) is 21.4 Å². The molecular formula is C28H26ClN5O5. The molecule has 10 nitrogen and oxygen atoms in total. The average molecular weight is 548 g/mol. The molecule has 2 aliphatic rings. The lowest BCUT2D eigenvalue weighted by atomic mass is 10.1. The standard InChI is InChI=1S/C28H26ClN5O5/c1-32(28(8-9-28)16-39-24-7-6-18(27(37)38)12-20(24)29)25(35)19-14-30-34-11-10-33(15-23(19)34)26(36)22-13-17-4-2-3-5-21(17)31-22/h2-7,12-14,31H,8-11,15-16H2,1H3,(H,37,38). The Morgan fingerprint density at radius 2 is 1.95 bits per heavy atom. The number of para-hydroxylation sites is 1. The number of likely N-dealkylation sites (N-methyl/N-ethyl adjacent to an activating group) is 1. The molecule has 1 fully saturated rings. The molecule has 6 rings (SSSR count). The number of nitrogens with one attached hydrogen (secondary N) is 1. The SMILES string of the molecule is CN(C(=O)c1cnn2c1CN(C(=O)c1cc3ccccc3[nH]1)CC2)C1(COc2ccc(C(=O)O)cc2Cl)CC1. The lowest BCUT2D eigenvalue weighted by molar-refractivity contribution is 0.0625. The van der Waals surface area contributed by atoms with Crippen LogP contribution in [0.2, 0.25) is 5.02 Å². The molecule has 200 valence electrons. The first kappa shape index (κ1) is 25.0. The number of carbonyl (C=O) groups excluding carboxylic acids is 2. The highest BCUT2D eigenvalue weighted by molar-refractivity contribution is 6.32. The van der Waals surface area contributed by atoms with Gasteiger partial charge in [-0.2, -0.15) is 5.10 Å². The van der Waals surface area contributed by atoms with E-state index in [1.165, 1.54) is 18.2 Å². The summed E-state index contributed by atoms with van der Waals surface area (Å²) >= 11 is 6.22. The molecule has 11 heteroatoms. The summed E-state index contributed by atoms with van der Waals surface area (Å²) < 4.78 is 7.71. The van der Waals surface area contributed by atoms with E-state index in [-0.39, 0.29) is 35.6 Å². The highest BCUT2D eigenvalue weighted by Crippen LogP contribution is 2.43. The lowest BCUT2D eigenvalue weighted by Gasteiger charge is -2.30. The second-order valence-electron chi connectivity index (χ2n) is 10.1. The van der Waals surface area contributed by atoms with Gasteiger partial charge in [0.05, 0.1) is 46.7 Å². The molecule has 1 aliphatic heterocycles. The maximum atomic E-state index is 13.6. The Bertz CT molecular complexity index is 1590. The van der Waals surface area contributed by atoms with Crippen LogP contribution in [0.1, 0.15) is 49.7 Å². The van der Waals surface area contributed by atoms with E-state index in [0.29, 0.717) is 35.8 Å². The van der Waals surface area contributed by atoms with Crippen molar-refractivity contribution in [1.29, 1.82) is 0 Å². The number of nitrogens with zero attached hydrogens (tertiary/aromatic N) is 4. The van der Waals surface area contributed by atoms with Crippen LogP contribution in [0.15, 0.2) is 54.7 Å². The smallest absolute Gasteiger partial charge is 0.335 e. The molecular weight excluding hydrogens is 522 g/mol. The lowest BCUT2D eigenvalue weighted by Crippen LogP contribution is -2.44. The third-order valence-corrected chi connectivity index (χ3v) is 7.96. The first-order valence-electron chi connectivity index (χ1n) is 12.6. The van der Waals surface area contributed by atoms with Crippen molar-refractivity contribution in [2.45, 2.75) is 31.5 Å². The molecule has 2 N–H and O–H groups in total. The summed E-state index contributed by atoms with van der Waals surface area (Å²) in [5.41, 5.74) is 2.14. The minimum Gasteiger partial charge on any atom is -0.490 e. The zero-order chi connectivity index (χ0) is 27.3. The van der Waals surface area contributed by atoms with Crippen LogP contribution in [0.5, 0.6) is 5.75 Å². The van der Waals surface area contributed by atoms with Crippen molar-refractivity contribution in [3.05, 3.63) is 82.3 Å². The molecule has 2 aromatic carbocycles. The number of carboxylic acid groups (broad SMARTS) is 1. The molecule has 2 aromatic heterocycles. The fourth-order valence-corrected chi connectivity index (χ4v) is 5.27. The van der Waals surface area contributed by atoms with Crippen LogP contribution >= 0.6 is 11.6 Å². The maximum Gasteiger partial charge on any atom is 0.335 e. The van der Waals surface area contributed by atoms with Crippen molar-refractivity contribution >= 4 is 40.3 Å². The Balaban J connectivity index is 1.16. The minimum atomic E-state index is -1.07. The minimum absolute atomic E-state index is 0.0730. The molecule has 1 saturated carbocycles. The first-order valence-corrected chi connectivity index (χ1v) is 13.0. The third kappa shape index (κ3) is 4.50. The number of aromatic amines is 1. The number of fused-ring (bicyclic) bond motifs is 2. The summed E-state index contributed by atoms with van der Waals surface area (Å²) in [4.78, 5) is 44.7. The van der Waals surface area contributed by atoms with Gasteiger partial charge < -0.3 is 24.6 Å². The van der Waals surface area contributed by atoms with Crippen LogP contribution in [-0.2, 0) is 13.1 Å². The number of H-pyrrole nitrogens is 1. The van der Waals surface area contributed by atoms with E-state index in [2.05, 4.69) is 10.1 Å². The number of hydrogen-bond donors (Lipinski definition) is 2. The van der Waals surface area contributed by atoms with Crippen molar-refractivity contribution < 1.29 is 24.2 Å². The number of carboxylic acids is 1. The van der Waals surface area contributed by atoms with Crippen molar-refractivity contribution in [2.24, 2.45) is 0 Å². The Kier molecular flexibility index (Phi) is 6.06. The van der Waals surface area contributed by atoms with E-state index < -0.39 is 11.5 Å². The summed E-state index contributed by atoms with van der Waals surface area (Å²) in [6, 6.07) is 13.9. The largest absolute Gasteiger partial charge is 0.490 e. The molecule has 0 atom stereocenters. The summed E-state index contributed by atoms with van der Waals surface area (Å²) in [5.74, 6) is -1.02. The number of aromatic carboxylic acids is 1. The number of aromatic nitrogens is 3. The molecule has 39 heavy (non-hydrogen) atoms. The Morgan fingerprint density at radius 1 is 1.15 bits per heavy atom. The molecule has 0 saturated heterocycles. The van der Waals surface area contributed by atoms with Gasteiger partial charge in [0.1, 0.15) is 18.1 Å². The Labute approximate surface area is 228 Å². The van der Waals surface area contributed by atoms with Gasteiger partial charge in [0.15, 0.2) is 0 Å². The summed E-state index contributed by atoms with van der Waals surface area (Å²) in [6.07, 6.45) is 3.09. The molecule has 0 radical (unpaired) electrons. The summed E-state index contributed by atoms with van der Waals surface area (Å²) in [7, 11) is 1.74. The van der Waals surface area contributed by atoms with Crippen LogP contribution in [0, 0.1) is 0 Å². The van der Waals surface area contributed by atoms with Gasteiger partial charge in [-0.15, -0.1) is 0 Å². The molecule has 4 aromatic rings. The van der Waals surface area contributed by atoms with Crippen LogP contribution in [0.3, 0.4) is 0 Å². The summed E-state index contributed by atoms with van der Waals surface area (Å²) in [5, 5.41) is 14.7. The quantitative estimate of drug-likeness (QED) is 0.360. The van der Waals surface area contributed by atoms with Crippen molar-refractivity contribution in [3.63, 3.8) is 0 Å². The predicted octanol–water partition coefficient (Wildman–Crippen LogP) is 4.06. The van der Waals surface area contributed by atoms with Crippen LogP contribution in [0.25, 0.3) is 10.9 Å². The number of rotatable bonds is 7. The number of halogens is 1. The maximum absolute atomic E-state index is 13.6. The van der Waals surface area contributed by atoms with Crippen LogP contribution in [0.4, 0.5) is 0 Å². The van der Waals surface area contributed by atoms with Gasteiger partial charge in [0.25, 0.3) is 11.8 Å². The van der Waals surface area contributed by atoms with Crippen molar-refractivity contribution in [2.75, 3.05) is 20.2 Å². The molecule has 0 unspecified atom stereocenters. The van der Waals surface area contributed by atoms with Gasteiger partial charge in [-0.05, 0) is 43.2 Å². The van der Waals surface area contributed by atoms with Gasteiger partial charge in [-0.3, -0.25) is 14.3 Å². The van der Waals surface area contributed by atoms with Gasteiger partial charge in [-0.1, -0.05) is 29.8 Å². The molecule has 0 spiro atoms. The van der Waals surface area contributed by atoms with E-state index in [1.807, 2.05) is 30.3 Å². The van der Waals surface area contributed by atoms with Crippen molar-refractivity contribution in [3.8, 4) is 5.75 Å². The molecule has 1 aliphatic carbocycles. The van der Waals surface area contributed by atoms with Crippen LogP contribution in [-0.4, -0.2) is 73.2 Å². The van der Waals surface area contributed by atoms with Gasteiger partial charge in [0, 0.05) is 24.5 Å². The number of carbonyl (C=O) groups is 3. The zero-order valence-electron chi connectivity index (χ0n) is 21.2. The second kappa shape index (κ2) is 9.46. The Hall–Kier alpha value is -4.31. The highest BCUT2D eigenvalue weighted by atomic mass is 35.5. The molecule has 2 amide bonds. The molecule has 0 bridgehead atoms. The highest BCUT2D eigenvalue weighted by Gasteiger charge is 2.50. The number of benzene rings is 2. The molecule has 3 heterocycles. The van der Waals surface area contributed by atoms with E-state index in [9.17, 15) is 14.4 Å². The Morgan fingerprint density at radius 3 is 2.67 bits per heavy atom. The fourth-order valence-electron chi connectivity index (χ4n) is 5.04. The first-order chi connectivity index (χ1) is 18.8. The van der Waals surface area contributed by atoms with E-state index in [0.717, 1.165) is 23.7 Å². The number of amides is 2. The van der Waals surface area contributed by atoms with Gasteiger partial charge >= 0.3 is 5.97 Å². The summed E-state index contributed by atoms with van der Waals surface area (Å²) in [6.45, 7) is 1.48. The average Bonchev–Trinajstić information content (AvgIpc) is 3.41. The fraction of sp³-hybridized carbons (Fsp3) is 0.286. The third-order valence-electron chi connectivity index (χ3n) is 7.67. The topological polar surface area (TPSA) is 121 Å². The van der Waals surface area contributed by atoms with Gasteiger partial charge in [-0.25, -0.2) is 4.79 Å². The number of hydrogen-bond acceptors (Lipinski definition) is 5. The van der Waals surface area contributed by atoms with Crippen LogP contribution < -0.4 is 4.74 Å². The normalized spacial score (nSPS) is 15.6. The van der Waals surface area contributed by atoms with E-state index >= 15 is 0 Å². The monoisotopic (exact) mass is 547 g/mol. The van der Waals surface area contributed by atoms with E-state index in [1.54, 1.807) is 27.7 Å². The number of ether oxygens (including phenoxy) is 1. The zero-order valence-corrected chi connectivity index (χ0v) is 21.9. The second-order valence-corrected chi connectivity index (χ2v) is 10.5. The predicted molar refractivity (Wildman–Crippen MR) is 143 cm³/mol. The van der Waals surface area contributed by atoms with Crippen molar-refractivity contribution in [1.82, 2.24) is 24.6 Å². The van der Waals surface area contributed by atoms with Gasteiger partial charge in [0.2, 0.25) is 0 Å².